The van der Waals surface area contributed by atoms with Crippen LogP contribution in [-0.4, -0.2) is 54.5 Å². The van der Waals surface area contributed by atoms with Crippen LogP contribution in [0.25, 0.3) is 0 Å². The number of piperidine rings is 1. The summed E-state index contributed by atoms with van der Waals surface area (Å²) in [4.78, 5) is 16.2. The zero-order chi connectivity index (χ0) is 12.3. The van der Waals surface area contributed by atoms with Gasteiger partial charge in [-0.2, -0.15) is 0 Å². The van der Waals surface area contributed by atoms with E-state index in [0.29, 0.717) is 0 Å². The molecule has 1 aliphatic carbocycles. The molecule has 4 heteroatoms. The molecule has 1 amide bonds. The lowest BCUT2D eigenvalue weighted by atomic mass is 10.1. The Morgan fingerprint density at radius 1 is 1.29 bits per heavy atom. The zero-order valence-corrected chi connectivity index (χ0v) is 10.9. The van der Waals surface area contributed by atoms with Crippen molar-refractivity contribution in [1.29, 1.82) is 0 Å². The van der Waals surface area contributed by atoms with Crippen LogP contribution in [0.3, 0.4) is 0 Å². The predicted octanol–water partition coefficient (Wildman–Crippen LogP) is 0.810. The topological polar surface area (TPSA) is 49.6 Å². The fraction of sp³-hybridized carbons (Fsp3) is 0.923. The molecule has 0 radical (unpaired) electrons. The highest BCUT2D eigenvalue weighted by molar-refractivity contribution is 5.82. The van der Waals surface area contributed by atoms with Crippen LogP contribution in [-0.2, 0) is 4.79 Å². The molecule has 0 aromatic carbocycles. The van der Waals surface area contributed by atoms with Crippen molar-refractivity contribution in [1.82, 2.24) is 9.80 Å². The van der Waals surface area contributed by atoms with Crippen molar-refractivity contribution in [3.05, 3.63) is 0 Å². The van der Waals surface area contributed by atoms with Crippen molar-refractivity contribution in [2.75, 3.05) is 26.7 Å². The Bertz CT molecular complexity index is 263. The van der Waals surface area contributed by atoms with E-state index in [9.17, 15) is 4.79 Å². The summed E-state index contributed by atoms with van der Waals surface area (Å²) in [5, 5.41) is 0. The first-order valence-electron chi connectivity index (χ1n) is 6.93. The van der Waals surface area contributed by atoms with Crippen molar-refractivity contribution >= 4 is 5.91 Å². The van der Waals surface area contributed by atoms with Crippen LogP contribution in [0.2, 0.25) is 0 Å². The molecule has 1 unspecified atom stereocenters. The van der Waals surface area contributed by atoms with E-state index in [1.807, 2.05) is 4.90 Å². The van der Waals surface area contributed by atoms with Crippen molar-refractivity contribution in [3.8, 4) is 0 Å². The maximum Gasteiger partial charge on any atom is 0.239 e. The van der Waals surface area contributed by atoms with Gasteiger partial charge in [0.05, 0.1) is 6.04 Å². The molecule has 0 aromatic heterocycles. The van der Waals surface area contributed by atoms with Gasteiger partial charge < -0.3 is 15.5 Å². The predicted molar refractivity (Wildman–Crippen MR) is 68.7 cm³/mol. The SMILES string of the molecule is CN(CCN1CCCC(N)C1=O)C1CCCC1. The molecule has 1 atom stereocenters. The number of likely N-dealkylation sites (tertiary alicyclic amines) is 1. The molecule has 17 heavy (non-hydrogen) atoms. The van der Waals surface area contributed by atoms with Gasteiger partial charge in [-0.25, -0.2) is 0 Å². The molecule has 98 valence electrons. The van der Waals surface area contributed by atoms with E-state index in [2.05, 4.69) is 11.9 Å². The fourth-order valence-corrected chi connectivity index (χ4v) is 3.00. The minimum Gasteiger partial charge on any atom is -0.340 e. The number of hydrogen-bond donors (Lipinski definition) is 1. The third-order valence-electron chi connectivity index (χ3n) is 4.24. The van der Waals surface area contributed by atoms with E-state index in [4.69, 9.17) is 5.73 Å². The minimum atomic E-state index is -0.250. The van der Waals surface area contributed by atoms with E-state index in [-0.39, 0.29) is 11.9 Å². The summed E-state index contributed by atoms with van der Waals surface area (Å²) in [6.07, 6.45) is 7.28. The Balaban J connectivity index is 1.75. The fourth-order valence-electron chi connectivity index (χ4n) is 3.00. The highest BCUT2D eigenvalue weighted by atomic mass is 16.2. The van der Waals surface area contributed by atoms with Gasteiger partial charge in [0.2, 0.25) is 5.91 Å². The first kappa shape index (κ1) is 12.8. The molecule has 0 aromatic rings. The third kappa shape index (κ3) is 3.19. The smallest absolute Gasteiger partial charge is 0.239 e. The molecule has 2 N–H and O–H groups in total. The molecule has 0 bridgehead atoms. The van der Waals surface area contributed by atoms with Gasteiger partial charge in [0.15, 0.2) is 0 Å². The number of carbonyl (C=O) groups is 1. The molecule has 1 aliphatic heterocycles. The van der Waals surface area contributed by atoms with E-state index in [1.54, 1.807) is 0 Å². The van der Waals surface area contributed by atoms with Gasteiger partial charge in [0.25, 0.3) is 0 Å². The maximum atomic E-state index is 11.8. The molecule has 1 saturated carbocycles. The first-order chi connectivity index (χ1) is 8.18. The molecule has 1 saturated heterocycles. The molecule has 2 rings (SSSR count). The number of nitrogens with two attached hydrogens (primary N) is 1. The second-order valence-electron chi connectivity index (χ2n) is 5.49. The van der Waals surface area contributed by atoms with E-state index < -0.39 is 0 Å². The average Bonchev–Trinajstić information content (AvgIpc) is 2.84. The molecular weight excluding hydrogens is 214 g/mol. The van der Waals surface area contributed by atoms with Crippen LogP contribution < -0.4 is 5.73 Å². The Kier molecular flexibility index (Phi) is 4.40. The van der Waals surface area contributed by atoms with Crippen LogP contribution in [0.1, 0.15) is 38.5 Å². The van der Waals surface area contributed by atoms with Gasteiger partial charge in [0, 0.05) is 25.7 Å². The number of nitrogens with zero attached hydrogens (tertiary/aromatic N) is 2. The lowest BCUT2D eigenvalue weighted by Crippen LogP contribution is -2.50. The van der Waals surface area contributed by atoms with Crippen LogP contribution in [0, 0.1) is 0 Å². The largest absolute Gasteiger partial charge is 0.340 e. The second kappa shape index (κ2) is 5.83. The van der Waals surface area contributed by atoms with Crippen LogP contribution in [0.5, 0.6) is 0 Å². The summed E-state index contributed by atoms with van der Waals surface area (Å²) >= 11 is 0. The highest BCUT2D eigenvalue weighted by Gasteiger charge is 2.26. The van der Waals surface area contributed by atoms with Gasteiger partial charge >= 0.3 is 0 Å². The second-order valence-corrected chi connectivity index (χ2v) is 5.49. The highest BCUT2D eigenvalue weighted by Crippen LogP contribution is 2.22. The van der Waals surface area contributed by atoms with Gasteiger partial charge in [-0.15, -0.1) is 0 Å². The lowest BCUT2D eigenvalue weighted by Gasteiger charge is -2.33. The molecule has 4 nitrogen and oxygen atoms in total. The molecule has 2 fully saturated rings. The van der Waals surface area contributed by atoms with Gasteiger partial charge in [0.1, 0.15) is 0 Å². The Morgan fingerprint density at radius 3 is 2.71 bits per heavy atom. The number of hydrogen-bond acceptors (Lipinski definition) is 3. The van der Waals surface area contributed by atoms with Crippen molar-refractivity contribution in [3.63, 3.8) is 0 Å². The Morgan fingerprint density at radius 2 is 2.00 bits per heavy atom. The quantitative estimate of drug-likeness (QED) is 0.790. The van der Waals surface area contributed by atoms with Gasteiger partial charge in [-0.05, 0) is 32.7 Å². The molecule has 2 aliphatic rings. The summed E-state index contributed by atoms with van der Waals surface area (Å²) in [5.41, 5.74) is 5.79. The van der Waals surface area contributed by atoms with Gasteiger partial charge in [-0.1, -0.05) is 12.8 Å². The van der Waals surface area contributed by atoms with Crippen molar-refractivity contribution in [2.45, 2.75) is 50.6 Å². The van der Waals surface area contributed by atoms with E-state index >= 15 is 0 Å². The summed E-state index contributed by atoms with van der Waals surface area (Å²) in [7, 11) is 2.18. The van der Waals surface area contributed by atoms with E-state index in [0.717, 1.165) is 38.5 Å². The third-order valence-corrected chi connectivity index (χ3v) is 4.24. The summed E-state index contributed by atoms with van der Waals surface area (Å²) in [5.74, 6) is 0.149. The maximum absolute atomic E-state index is 11.8. The van der Waals surface area contributed by atoms with Gasteiger partial charge in [-0.3, -0.25) is 4.79 Å². The number of rotatable bonds is 4. The number of amides is 1. The van der Waals surface area contributed by atoms with Crippen LogP contribution in [0.4, 0.5) is 0 Å². The molecule has 0 spiro atoms. The van der Waals surface area contributed by atoms with Crippen molar-refractivity contribution < 1.29 is 4.79 Å². The molecule has 1 heterocycles. The monoisotopic (exact) mass is 239 g/mol. The number of likely N-dealkylation sites (N-methyl/N-ethyl adjacent to an activating group) is 1. The van der Waals surface area contributed by atoms with Crippen LogP contribution in [0.15, 0.2) is 0 Å². The van der Waals surface area contributed by atoms with E-state index in [1.165, 1.54) is 25.7 Å². The Labute approximate surface area is 104 Å². The summed E-state index contributed by atoms with van der Waals surface area (Å²) in [6.45, 7) is 2.73. The van der Waals surface area contributed by atoms with Crippen LogP contribution >= 0.6 is 0 Å². The lowest BCUT2D eigenvalue weighted by molar-refractivity contribution is -0.135. The minimum absolute atomic E-state index is 0.149. The first-order valence-corrected chi connectivity index (χ1v) is 6.93. The zero-order valence-electron chi connectivity index (χ0n) is 10.9. The normalized spacial score (nSPS) is 27.1. The Hall–Kier alpha value is -0.610. The summed E-state index contributed by atoms with van der Waals surface area (Å²) in [6, 6.07) is 0.490. The molecular formula is C13H25N3O. The standard InChI is InChI=1S/C13H25N3O/c1-15(11-5-2-3-6-11)9-10-16-8-4-7-12(14)13(16)17/h11-12H,2-10,14H2,1H3. The average molecular weight is 239 g/mol. The summed E-state index contributed by atoms with van der Waals surface area (Å²) < 4.78 is 0. The number of carbonyl (C=O) groups excluding carboxylic acids is 1. The van der Waals surface area contributed by atoms with Crippen molar-refractivity contribution in [2.24, 2.45) is 5.73 Å².